The SMILES string of the molecule is On1ccnc1.[O]=[V]=[O]. The van der Waals surface area contributed by atoms with Crippen molar-refractivity contribution in [3.8, 4) is 0 Å². The first-order valence-corrected chi connectivity index (χ1v) is 3.07. The maximum atomic E-state index is 8.47. The summed E-state index contributed by atoms with van der Waals surface area (Å²) in [5, 5.41) is 8.33. The molecule has 0 spiro atoms. The fraction of sp³-hybridized carbons (Fsp3) is 0. The second-order valence-corrected chi connectivity index (χ2v) is 1.25. The molecule has 0 atom stereocenters. The van der Waals surface area contributed by atoms with Crippen molar-refractivity contribution in [1.29, 1.82) is 0 Å². The van der Waals surface area contributed by atoms with Crippen molar-refractivity contribution in [2.75, 3.05) is 0 Å². The van der Waals surface area contributed by atoms with Crippen molar-refractivity contribution in [3.05, 3.63) is 18.7 Å². The second-order valence-electron chi connectivity index (χ2n) is 1.02. The average Bonchev–Trinajstić information content (AvgIpc) is 2.20. The van der Waals surface area contributed by atoms with Crippen LogP contribution in [-0.2, 0) is 23.5 Å². The molecule has 1 aromatic rings. The number of imidazole rings is 1. The van der Waals surface area contributed by atoms with Crippen LogP contribution in [0.1, 0.15) is 0 Å². The number of hydrogen-bond acceptors (Lipinski definition) is 4. The number of rotatable bonds is 0. The van der Waals surface area contributed by atoms with Gasteiger partial charge >= 0.3 is 23.5 Å². The molecule has 1 heterocycles. The van der Waals surface area contributed by atoms with Gasteiger partial charge in [0, 0.05) is 6.20 Å². The molecule has 9 heavy (non-hydrogen) atoms. The van der Waals surface area contributed by atoms with Gasteiger partial charge < -0.3 is 5.21 Å². The molecule has 0 aliphatic carbocycles. The molecule has 6 heteroatoms. The van der Waals surface area contributed by atoms with Crippen molar-refractivity contribution in [3.63, 3.8) is 0 Å². The Labute approximate surface area is 57.8 Å². The third-order valence-corrected chi connectivity index (χ3v) is 0.490. The zero-order chi connectivity index (χ0) is 7.11. The fourth-order valence-electron chi connectivity index (χ4n) is 0.252. The Kier molecular flexibility index (Phi) is 4.86. The Bertz CT molecular complexity index is 179. The van der Waals surface area contributed by atoms with Gasteiger partial charge in [-0.2, -0.15) is 4.73 Å². The van der Waals surface area contributed by atoms with Gasteiger partial charge in [0.05, 0.1) is 6.20 Å². The molecule has 0 radical (unpaired) electrons. The van der Waals surface area contributed by atoms with Crippen LogP contribution < -0.4 is 0 Å². The molecular formula is C3H4N2O3V. The summed E-state index contributed by atoms with van der Waals surface area (Å²) in [6.07, 6.45) is 4.25. The third kappa shape index (κ3) is 5.06. The molecule has 0 bridgehead atoms. The van der Waals surface area contributed by atoms with Gasteiger partial charge in [0.15, 0.2) is 0 Å². The first-order valence-electron chi connectivity index (χ1n) is 1.93. The van der Waals surface area contributed by atoms with Gasteiger partial charge in [-0.15, -0.1) is 0 Å². The molecule has 0 saturated carbocycles. The summed E-state index contributed by atoms with van der Waals surface area (Å²) in [6.45, 7) is 0. The van der Waals surface area contributed by atoms with E-state index in [-0.39, 0.29) is 0 Å². The molecule has 1 N–H and O–H groups in total. The molecule has 1 rings (SSSR count). The molecule has 0 aliphatic rings. The van der Waals surface area contributed by atoms with Crippen LogP contribution in [0.15, 0.2) is 18.7 Å². The first kappa shape index (κ1) is 8.19. The second kappa shape index (κ2) is 5.33. The van der Waals surface area contributed by atoms with E-state index in [0.717, 1.165) is 4.73 Å². The van der Waals surface area contributed by atoms with Crippen molar-refractivity contribution >= 4 is 0 Å². The number of hydrogen-bond donors (Lipinski definition) is 1. The Morgan fingerprint density at radius 1 is 1.56 bits per heavy atom. The summed E-state index contributed by atoms with van der Waals surface area (Å²) in [5.41, 5.74) is 0. The van der Waals surface area contributed by atoms with Crippen molar-refractivity contribution < 1.29 is 28.7 Å². The zero-order valence-electron chi connectivity index (χ0n) is 4.34. The van der Waals surface area contributed by atoms with Gasteiger partial charge in [-0.1, -0.05) is 0 Å². The predicted octanol–water partition coefficient (Wildman–Crippen LogP) is -0.120. The van der Waals surface area contributed by atoms with E-state index in [1.807, 2.05) is 0 Å². The predicted molar refractivity (Wildman–Crippen MR) is 20.8 cm³/mol. The minimum absolute atomic E-state index is 0.889. The summed E-state index contributed by atoms with van der Waals surface area (Å²) >= 11 is -1.81. The van der Waals surface area contributed by atoms with E-state index in [4.69, 9.17) is 12.6 Å². The Morgan fingerprint density at radius 3 is 2.22 bits per heavy atom. The van der Waals surface area contributed by atoms with Crippen molar-refractivity contribution in [1.82, 2.24) is 9.71 Å². The summed E-state index contributed by atoms with van der Waals surface area (Å²) in [5.74, 6) is 0. The van der Waals surface area contributed by atoms with Crippen LogP contribution in [-0.4, -0.2) is 14.9 Å². The van der Waals surface area contributed by atoms with E-state index in [9.17, 15) is 0 Å². The van der Waals surface area contributed by atoms with Crippen molar-refractivity contribution in [2.45, 2.75) is 0 Å². The monoisotopic (exact) mass is 167 g/mol. The van der Waals surface area contributed by atoms with Crippen molar-refractivity contribution in [2.24, 2.45) is 0 Å². The molecule has 0 amide bonds. The molecule has 0 fully saturated rings. The van der Waals surface area contributed by atoms with Crippen LogP contribution >= 0.6 is 0 Å². The number of nitrogens with zero attached hydrogens (tertiary/aromatic N) is 2. The van der Waals surface area contributed by atoms with Gasteiger partial charge in [0.2, 0.25) is 0 Å². The molecule has 1 aromatic heterocycles. The normalized spacial score (nSPS) is 6.67. The van der Waals surface area contributed by atoms with E-state index in [1.165, 1.54) is 18.7 Å². The zero-order valence-corrected chi connectivity index (χ0v) is 5.73. The van der Waals surface area contributed by atoms with E-state index in [2.05, 4.69) is 4.98 Å². The minimum atomic E-state index is -1.81. The molecule has 0 unspecified atom stereocenters. The molecular weight excluding hydrogens is 163 g/mol. The van der Waals surface area contributed by atoms with Crippen LogP contribution in [0.2, 0.25) is 0 Å². The summed E-state index contributed by atoms with van der Waals surface area (Å²) < 4.78 is 17.8. The average molecular weight is 167 g/mol. The van der Waals surface area contributed by atoms with Gasteiger partial charge in [0.25, 0.3) is 0 Å². The molecule has 0 aliphatic heterocycles. The standard InChI is InChI=1S/C3H4N2O.2O.V/c6-5-2-1-4-3-5;;;/h1-3,6H;;;. The third-order valence-electron chi connectivity index (χ3n) is 0.490. The Morgan fingerprint density at radius 2 is 2.11 bits per heavy atom. The van der Waals surface area contributed by atoms with E-state index >= 15 is 0 Å². The number of aromatic nitrogens is 2. The summed E-state index contributed by atoms with van der Waals surface area (Å²) in [4.78, 5) is 3.53. The molecule has 49 valence electrons. The first-order chi connectivity index (χ1) is 4.31. The summed E-state index contributed by atoms with van der Waals surface area (Å²) in [6, 6.07) is 0. The van der Waals surface area contributed by atoms with Gasteiger partial charge in [0.1, 0.15) is 6.33 Å². The van der Waals surface area contributed by atoms with Gasteiger partial charge in [-0.25, -0.2) is 4.98 Å². The fourth-order valence-corrected chi connectivity index (χ4v) is 0.252. The van der Waals surface area contributed by atoms with E-state index < -0.39 is 16.2 Å². The Balaban J connectivity index is 0.000000187. The molecule has 5 nitrogen and oxygen atoms in total. The van der Waals surface area contributed by atoms with E-state index in [1.54, 1.807) is 0 Å². The molecule has 0 aromatic carbocycles. The van der Waals surface area contributed by atoms with E-state index in [0.29, 0.717) is 0 Å². The van der Waals surface area contributed by atoms with Crippen LogP contribution in [0, 0.1) is 0 Å². The summed E-state index contributed by atoms with van der Waals surface area (Å²) in [7, 11) is 0. The van der Waals surface area contributed by atoms with Crippen LogP contribution in [0.25, 0.3) is 0 Å². The quantitative estimate of drug-likeness (QED) is 0.546. The molecule has 0 saturated heterocycles. The van der Waals surface area contributed by atoms with Gasteiger partial charge in [-0.05, 0) is 0 Å². The van der Waals surface area contributed by atoms with Crippen LogP contribution in [0.4, 0.5) is 0 Å². The Hall–Kier alpha value is -0.806. The maximum absolute atomic E-state index is 8.47. The van der Waals surface area contributed by atoms with Crippen LogP contribution in [0.5, 0.6) is 0 Å². The topological polar surface area (TPSA) is 72.2 Å². The van der Waals surface area contributed by atoms with Crippen LogP contribution in [0.3, 0.4) is 0 Å². The van der Waals surface area contributed by atoms with Gasteiger partial charge in [-0.3, -0.25) is 0 Å².